The minimum absolute atomic E-state index is 0.000178. The highest BCUT2D eigenvalue weighted by molar-refractivity contribution is 9.10. The number of aliphatic hydroxyl groups is 2. The number of nitrogens with zero attached hydrogens (tertiary/aromatic N) is 8. The average Bonchev–Trinajstić information content (AvgIpc) is 1.59. The van der Waals surface area contributed by atoms with Gasteiger partial charge in [-0.1, -0.05) is 217 Å². The van der Waals surface area contributed by atoms with E-state index in [-0.39, 0.29) is 166 Å². The van der Waals surface area contributed by atoms with Crippen molar-refractivity contribution in [2.24, 2.45) is 0 Å². The maximum Gasteiger partial charge on any atom is 0.274 e. The minimum Gasteiger partial charge on any atom is -0.483 e. The fraction of sp³-hybridized carbons (Fsp3) is 0.238. The van der Waals surface area contributed by atoms with Gasteiger partial charge in [0.15, 0.2) is 45.8 Å². The van der Waals surface area contributed by atoms with Crippen molar-refractivity contribution in [1.82, 2.24) is 37.9 Å². The third-order valence-corrected chi connectivity index (χ3v) is 25.5. The number of hydrogen-bond donors (Lipinski definition) is 2. The molecule has 0 bridgehead atoms. The Kier molecular flexibility index (Phi) is 33.5. The second-order valence-corrected chi connectivity index (χ2v) is 35.4. The van der Waals surface area contributed by atoms with Crippen LogP contribution in [0.25, 0.3) is 16.7 Å². The maximum absolute atomic E-state index is 13.8. The summed E-state index contributed by atoms with van der Waals surface area (Å²) in [6.45, 7) is 21.3. The Bertz CT molecular complexity index is 6990. The van der Waals surface area contributed by atoms with E-state index in [1.807, 2.05) is 139 Å². The first-order chi connectivity index (χ1) is 66.5. The number of carbonyl (C=O) groups is 4. The minimum atomic E-state index is -0.538. The summed E-state index contributed by atoms with van der Waals surface area (Å²) in [5.74, 6) is -3.80. The van der Waals surface area contributed by atoms with Crippen LogP contribution in [0.2, 0.25) is 20.1 Å². The van der Waals surface area contributed by atoms with Crippen LogP contribution in [0.3, 0.4) is 0 Å². The molecule has 2 N–H and O–H groups in total. The Morgan fingerprint density at radius 1 is 0.406 bits per heavy atom. The Labute approximate surface area is 820 Å². The Balaban J connectivity index is 0.000000147. The molecule has 8 aromatic carbocycles. The molecule has 9 heterocycles. The molecule has 0 fully saturated rings. The van der Waals surface area contributed by atoms with Gasteiger partial charge in [0.25, 0.3) is 23.6 Å². The van der Waals surface area contributed by atoms with Crippen LogP contribution in [0.15, 0.2) is 250 Å². The molecule has 0 unspecified atom stereocenters. The summed E-state index contributed by atoms with van der Waals surface area (Å²) in [6.07, 6.45) is 3.49. The summed E-state index contributed by atoms with van der Waals surface area (Å²) in [4.78, 5) is 115. The van der Waals surface area contributed by atoms with Crippen LogP contribution in [-0.4, -0.2) is 111 Å². The zero-order chi connectivity index (χ0) is 98.3. The van der Waals surface area contributed by atoms with Crippen molar-refractivity contribution in [2.45, 2.75) is 126 Å². The molecule has 0 saturated carbocycles. The zero-order valence-corrected chi connectivity index (χ0v) is 80.0. The number of pyridine rings is 4. The molecule has 714 valence electrons. The van der Waals surface area contributed by atoms with Crippen LogP contribution in [0.5, 0.6) is 23.0 Å². The summed E-state index contributed by atoms with van der Waals surface area (Å²) in [5.41, 5.74) is 9.81. The van der Waals surface area contributed by atoms with Gasteiger partial charge in [0.1, 0.15) is 49.7 Å². The first-order valence-electron chi connectivity index (χ1n) is 43.9. The van der Waals surface area contributed by atoms with Crippen molar-refractivity contribution in [1.29, 1.82) is 0 Å². The number of aromatic nitrogens is 4. The first-order valence-corrected chi connectivity index (χ1v) is 46.2. The number of hydrogen-bond acceptors (Lipinski definition) is 16. The van der Waals surface area contributed by atoms with Crippen LogP contribution in [-0.2, 0) is 115 Å². The molecule has 0 saturated heterocycles. The molecule has 0 aliphatic carbocycles. The maximum atomic E-state index is 13.8. The highest BCUT2D eigenvalue weighted by Gasteiger charge is 2.40. The van der Waals surface area contributed by atoms with E-state index in [4.69, 9.17) is 74.8 Å². The van der Waals surface area contributed by atoms with E-state index in [2.05, 4.69) is 35.7 Å². The number of carbonyl (C=O) groups excluding carboxylic acids is 4. The number of aliphatic hydroxyl groups excluding tert-OH is 2. The molecule has 5 aliphatic rings. The third-order valence-electron chi connectivity index (χ3n) is 23.5. The molecular weight excluding hydrogens is 1930 g/mol. The van der Waals surface area contributed by atoms with Gasteiger partial charge in [0.2, 0.25) is 21.7 Å². The summed E-state index contributed by atoms with van der Waals surface area (Å²) in [5, 5.41) is 19.8. The van der Waals surface area contributed by atoms with Crippen molar-refractivity contribution >= 4 is 103 Å². The van der Waals surface area contributed by atoms with Crippen LogP contribution >= 0.6 is 62.3 Å². The lowest BCUT2D eigenvalue weighted by atomic mass is 10.0. The molecular formula is C105H95BrCl4F4N8O16. The number of ether oxygens (including phenoxy) is 6. The number of halogens is 9. The number of rotatable bonds is 28. The molecule has 0 atom stereocenters. The Hall–Kier alpha value is -13.2. The SMILES string of the molecule is C=C(C)c1c(CO)n2c(c(OCc3ccccc3)c1=O)C(=O)N(Cc1ccc(F)c(Cl)c1)CC2.C=CCOCc1c(C(=C)C)c(=O)c(OCc2ccccc2)c2n1CCN(Cc1ccc(F)c(Cl)c1)C2=O.CC1=CCOCc2c1c(=O)c(OCc1ccccc1)c1n2CCN(Cc2ccc(F)c(Cl)c2)C1=O.O=C1c2c(OCc3ccccc3)c(=O)c(Br)c(CO)n2CCN1Cc1ccc(F)c(Cl)c1. The van der Waals surface area contributed by atoms with Crippen molar-refractivity contribution in [2.75, 3.05) is 39.4 Å². The fourth-order valence-corrected chi connectivity index (χ4v) is 18.1. The first kappa shape index (κ1) is 101. The Morgan fingerprint density at radius 3 is 1.04 bits per heavy atom. The largest absolute Gasteiger partial charge is 0.483 e. The molecule has 24 nitrogen and oxygen atoms in total. The predicted molar refractivity (Wildman–Crippen MR) is 523 cm³/mol. The molecule has 4 amide bonds. The number of amides is 4. The second-order valence-electron chi connectivity index (χ2n) is 32.9. The number of fused-ring (bicyclic) bond motifs is 6. The molecule has 138 heavy (non-hydrogen) atoms. The molecule has 0 spiro atoms. The molecule has 0 radical (unpaired) electrons. The molecule has 33 heteroatoms. The quantitative estimate of drug-likeness (QED) is 0.0262. The average molecular weight is 2020 g/mol. The van der Waals surface area contributed by atoms with Gasteiger partial charge in [-0.25, -0.2) is 17.6 Å². The van der Waals surface area contributed by atoms with Crippen LogP contribution in [0, 0.1) is 23.3 Å². The van der Waals surface area contributed by atoms with E-state index < -0.39 is 64.6 Å². The van der Waals surface area contributed by atoms with Gasteiger partial charge in [0, 0.05) is 78.5 Å². The Morgan fingerprint density at radius 2 is 0.710 bits per heavy atom. The highest BCUT2D eigenvalue weighted by atomic mass is 79.9. The number of allylic oxidation sites excluding steroid dienone is 3. The predicted octanol–water partition coefficient (Wildman–Crippen LogP) is 19.0. The van der Waals surface area contributed by atoms with Crippen LogP contribution in [0.4, 0.5) is 17.6 Å². The lowest BCUT2D eigenvalue weighted by Crippen LogP contribution is -2.43. The van der Waals surface area contributed by atoms with Crippen molar-refractivity contribution in [3.05, 3.63) is 421 Å². The van der Waals surface area contributed by atoms with E-state index in [1.54, 1.807) is 77.5 Å². The van der Waals surface area contributed by atoms with Crippen molar-refractivity contribution in [3.63, 3.8) is 0 Å². The van der Waals surface area contributed by atoms with Gasteiger partial charge in [0.05, 0.1) is 104 Å². The monoisotopic (exact) mass is 2020 g/mol. The lowest BCUT2D eigenvalue weighted by molar-refractivity contribution is 0.0662. The van der Waals surface area contributed by atoms with E-state index in [0.29, 0.717) is 126 Å². The van der Waals surface area contributed by atoms with Gasteiger partial charge in [-0.3, -0.25) is 38.4 Å². The smallest absolute Gasteiger partial charge is 0.274 e. The summed E-state index contributed by atoms with van der Waals surface area (Å²) >= 11 is 26.9. The third kappa shape index (κ3) is 22.8. The van der Waals surface area contributed by atoms with Crippen LogP contribution < -0.4 is 40.7 Å². The van der Waals surface area contributed by atoms with E-state index in [1.165, 1.54) is 48.5 Å². The molecule has 4 aromatic heterocycles. The van der Waals surface area contributed by atoms with Crippen molar-refractivity contribution < 1.29 is 75.4 Å². The van der Waals surface area contributed by atoms with Gasteiger partial charge in [-0.15, -0.1) is 6.58 Å². The van der Waals surface area contributed by atoms with Crippen LogP contribution in [0.1, 0.15) is 147 Å². The standard InChI is InChI=1S/C29H28ClFN2O4.C27H24ClFN2O4.C26H24ClFN2O4.C23H19BrClFN2O4/c1-4-14-36-18-24-25(19(2)3)27(34)28(37-17-20-8-6-5-7-9-20)26-29(35)32(12-13-33(24)26)16-21-10-11-23(31)22(30)15-21;1-17-9-12-34-16-22-23(17)25(32)26(35-15-18-5-3-2-4-6-18)24-27(33)30(10-11-31(22)24)14-19-7-8-21(29)20(28)13-19;1-16(2)22-21(14-31)30-11-10-29(13-18-8-9-20(28)19(27)12-18)26(33)23(30)25(24(22)32)34-15-17-6-4-3-5-7-17;24-19-18(12-29)28-9-8-27(11-15-6-7-17(26)16(25)10-15)23(31)20(28)22(21(19)30)32-13-14-4-2-1-3-5-14/h4-11,15H,1-2,12-14,16-18H2,3H3;2-9,13H,10-12,14-16H2,1H3;3-9,12,31H,1,10-11,13-15H2,2H3;1-7,10,29H,8-9,11-13H2. The molecule has 12 aromatic rings. The van der Waals surface area contributed by atoms with E-state index >= 15 is 0 Å². The highest BCUT2D eigenvalue weighted by Crippen LogP contribution is 2.37. The van der Waals surface area contributed by atoms with Gasteiger partial charge in [-0.2, -0.15) is 0 Å². The fourth-order valence-electron chi connectivity index (χ4n) is 16.8. The second kappa shape index (κ2) is 45.8. The summed E-state index contributed by atoms with van der Waals surface area (Å²) in [6, 6.07) is 54.8. The van der Waals surface area contributed by atoms with Gasteiger partial charge in [-0.05, 0) is 146 Å². The zero-order valence-electron chi connectivity index (χ0n) is 75.4. The van der Waals surface area contributed by atoms with E-state index in [0.717, 1.165) is 27.8 Å². The number of benzene rings is 8. The van der Waals surface area contributed by atoms with E-state index in [9.17, 15) is 66.1 Å². The summed E-state index contributed by atoms with van der Waals surface area (Å²) < 4.78 is 96.7. The summed E-state index contributed by atoms with van der Waals surface area (Å²) in [7, 11) is 0. The normalized spacial score (nSPS) is 13.6. The lowest BCUT2D eigenvalue weighted by Gasteiger charge is -2.33. The molecule has 5 aliphatic heterocycles. The van der Waals surface area contributed by atoms with Crippen molar-refractivity contribution in [3.8, 4) is 23.0 Å². The van der Waals surface area contributed by atoms with Gasteiger partial charge >= 0.3 is 0 Å². The van der Waals surface area contributed by atoms with Gasteiger partial charge < -0.3 is 76.5 Å². The topological polar surface area (TPSA) is 265 Å². The molecule has 17 rings (SSSR count).